The van der Waals surface area contributed by atoms with Crippen LogP contribution in [0, 0.1) is 0 Å². The maximum atomic E-state index is 11.9. The molecule has 0 saturated heterocycles. The molecule has 0 bridgehead atoms. The number of amides is 1. The van der Waals surface area contributed by atoms with E-state index in [2.05, 4.69) is 53.4 Å². The summed E-state index contributed by atoms with van der Waals surface area (Å²) in [5.41, 5.74) is 6.03. The van der Waals surface area contributed by atoms with E-state index in [1.165, 1.54) is 0 Å². The molecule has 0 spiro atoms. The molecular weight excluding hydrogens is 374 g/mol. The third kappa shape index (κ3) is 9.34. The van der Waals surface area contributed by atoms with Gasteiger partial charge in [-0.05, 0) is 40.5 Å². The maximum Gasteiger partial charge on any atom is 0.408 e. The maximum absolute atomic E-state index is 11.9. The number of halogens is 1. The van der Waals surface area contributed by atoms with Gasteiger partial charge in [-0.1, -0.05) is 15.9 Å². The molecule has 1 aliphatic rings. The van der Waals surface area contributed by atoms with Crippen molar-refractivity contribution >= 4 is 22.0 Å². The van der Waals surface area contributed by atoms with Gasteiger partial charge in [0.1, 0.15) is 5.60 Å². The molecule has 1 aliphatic heterocycles. The van der Waals surface area contributed by atoms with Crippen molar-refractivity contribution in [1.29, 1.82) is 0 Å². The van der Waals surface area contributed by atoms with E-state index < -0.39 is 17.2 Å². The fourth-order valence-electron chi connectivity index (χ4n) is 1.82. The van der Waals surface area contributed by atoms with Crippen molar-refractivity contribution in [3.8, 4) is 0 Å². The van der Waals surface area contributed by atoms with Gasteiger partial charge in [0.2, 0.25) is 0 Å². The first-order valence-electron chi connectivity index (χ1n) is 7.98. The van der Waals surface area contributed by atoms with E-state index in [0.717, 1.165) is 23.3 Å². The van der Waals surface area contributed by atoms with E-state index in [1.807, 2.05) is 51.7 Å². The lowest BCUT2D eigenvalue weighted by Crippen LogP contribution is -2.51. The molecule has 142 valence electrons. The predicted molar refractivity (Wildman–Crippen MR) is 102 cm³/mol. The first-order chi connectivity index (χ1) is 10.8. The van der Waals surface area contributed by atoms with Gasteiger partial charge in [0.25, 0.3) is 0 Å². The normalized spacial score (nSPS) is 15.1. The highest BCUT2D eigenvalue weighted by atomic mass is 79.9. The van der Waals surface area contributed by atoms with Crippen LogP contribution >= 0.6 is 15.9 Å². The Morgan fingerprint density at radius 3 is 2.25 bits per heavy atom. The van der Waals surface area contributed by atoms with Crippen molar-refractivity contribution < 1.29 is 14.0 Å². The van der Waals surface area contributed by atoms with E-state index in [1.54, 1.807) is 0 Å². The van der Waals surface area contributed by atoms with Crippen LogP contribution in [0.4, 0.5) is 4.79 Å². The number of quaternary nitrogens is 1. The highest BCUT2D eigenvalue weighted by Gasteiger charge is 2.31. The lowest BCUT2D eigenvalue weighted by atomic mass is 10.0. The van der Waals surface area contributed by atoms with Crippen LogP contribution in [0.25, 0.3) is 0 Å². The third-order valence-electron chi connectivity index (χ3n) is 3.12. The van der Waals surface area contributed by atoms with Gasteiger partial charge < -0.3 is 20.0 Å². The average molecular weight is 409 g/mol. The molecule has 0 saturated carbocycles. The molecule has 0 aromatic heterocycles. The summed E-state index contributed by atoms with van der Waals surface area (Å²) in [6.07, 6.45) is 1.55. The Hall–Kier alpha value is -0.990. The van der Waals surface area contributed by atoms with Crippen molar-refractivity contribution in [2.75, 3.05) is 40.1 Å². The van der Waals surface area contributed by atoms with E-state index in [4.69, 9.17) is 4.74 Å². The van der Waals surface area contributed by atoms with Gasteiger partial charge in [0, 0.05) is 6.20 Å². The second-order valence-corrected chi connectivity index (χ2v) is 8.24. The number of ether oxygens (including phenoxy) is 1. The highest BCUT2D eigenvalue weighted by molar-refractivity contribution is 9.08. The van der Waals surface area contributed by atoms with Gasteiger partial charge >= 0.3 is 6.09 Å². The molecule has 0 aliphatic carbocycles. The number of nitrogens with zero attached hydrogens (tertiary/aromatic N) is 2. The van der Waals surface area contributed by atoms with Gasteiger partial charge in [-0.15, -0.1) is 5.53 Å². The summed E-state index contributed by atoms with van der Waals surface area (Å²) >= 11 is 2.94. The average Bonchev–Trinajstić information content (AvgIpc) is 2.84. The number of hydrazine groups is 2. The van der Waals surface area contributed by atoms with Gasteiger partial charge in [-0.3, -0.25) is 5.01 Å². The van der Waals surface area contributed by atoms with Gasteiger partial charge in [-0.2, -0.15) is 0 Å². The fraction of sp³-hybridized carbons (Fsp3) is 0.812. The highest BCUT2D eigenvalue weighted by Crippen LogP contribution is 2.17. The van der Waals surface area contributed by atoms with Crippen LogP contribution in [0.5, 0.6) is 0 Å². The quantitative estimate of drug-likeness (QED) is 0.480. The number of hydrogen-bond acceptors (Lipinski definition) is 5. The SMILES string of the molecule is CBr.CC(C)(C)OC(=O)NC(C)(C)C1=CN(CC[N+](C)(C)C)NN1. The zero-order valence-corrected chi connectivity index (χ0v) is 18.2. The second-order valence-electron chi connectivity index (χ2n) is 8.24. The van der Waals surface area contributed by atoms with Crippen molar-refractivity contribution in [2.24, 2.45) is 0 Å². The molecule has 0 aromatic rings. The van der Waals surface area contributed by atoms with Crippen LogP contribution in [-0.4, -0.2) is 66.8 Å². The molecule has 0 unspecified atom stereocenters. The minimum atomic E-state index is -0.555. The molecule has 0 aromatic carbocycles. The summed E-state index contributed by atoms with van der Waals surface area (Å²) in [4.78, 5) is 11.9. The first kappa shape index (κ1) is 23.0. The number of hydrogen-bond donors (Lipinski definition) is 3. The number of alkyl halides is 1. The van der Waals surface area contributed by atoms with Crippen molar-refractivity contribution in [2.45, 2.75) is 45.8 Å². The number of alkyl carbamates (subject to hydrolysis) is 1. The van der Waals surface area contributed by atoms with Crippen LogP contribution in [-0.2, 0) is 4.74 Å². The number of carbonyl (C=O) groups excluding carboxylic acids is 1. The minimum Gasteiger partial charge on any atom is -0.444 e. The van der Waals surface area contributed by atoms with E-state index in [0.29, 0.717) is 0 Å². The van der Waals surface area contributed by atoms with Gasteiger partial charge in [-0.25, -0.2) is 4.79 Å². The number of nitrogens with one attached hydrogen (secondary N) is 3. The van der Waals surface area contributed by atoms with Crippen LogP contribution in [0.1, 0.15) is 34.6 Å². The Labute approximate surface area is 155 Å². The minimum absolute atomic E-state index is 0.426. The molecular formula is C16H35BrN5O2+. The monoisotopic (exact) mass is 408 g/mol. The Morgan fingerprint density at radius 1 is 1.25 bits per heavy atom. The van der Waals surface area contributed by atoms with Crippen LogP contribution in [0.3, 0.4) is 0 Å². The molecule has 0 radical (unpaired) electrons. The second kappa shape index (κ2) is 8.92. The molecule has 1 heterocycles. The van der Waals surface area contributed by atoms with Gasteiger partial charge in [0.05, 0.1) is 45.5 Å². The lowest BCUT2D eigenvalue weighted by molar-refractivity contribution is -0.869. The summed E-state index contributed by atoms with van der Waals surface area (Å²) in [6.45, 7) is 11.3. The Morgan fingerprint density at radius 2 is 1.79 bits per heavy atom. The smallest absolute Gasteiger partial charge is 0.408 e. The number of carbonyl (C=O) groups is 1. The number of rotatable bonds is 5. The van der Waals surface area contributed by atoms with Crippen molar-refractivity contribution in [3.05, 3.63) is 11.9 Å². The molecule has 8 heteroatoms. The van der Waals surface area contributed by atoms with E-state index >= 15 is 0 Å². The zero-order valence-electron chi connectivity index (χ0n) is 16.6. The lowest BCUT2D eigenvalue weighted by Gasteiger charge is -2.29. The first-order valence-corrected chi connectivity index (χ1v) is 9.57. The van der Waals surface area contributed by atoms with Crippen LogP contribution in [0.2, 0.25) is 0 Å². The topological polar surface area (TPSA) is 65.6 Å². The summed E-state index contributed by atoms with van der Waals surface area (Å²) < 4.78 is 6.20. The summed E-state index contributed by atoms with van der Waals surface area (Å²) in [5, 5.41) is 4.87. The molecule has 3 N–H and O–H groups in total. The summed E-state index contributed by atoms with van der Waals surface area (Å²) in [7, 11) is 6.46. The number of likely N-dealkylation sites (N-methyl/N-ethyl adjacent to an activating group) is 1. The van der Waals surface area contributed by atoms with E-state index in [-0.39, 0.29) is 0 Å². The fourth-order valence-corrected chi connectivity index (χ4v) is 1.82. The largest absolute Gasteiger partial charge is 0.444 e. The predicted octanol–water partition coefficient (Wildman–Crippen LogP) is 2.17. The van der Waals surface area contributed by atoms with Gasteiger partial charge in [0.15, 0.2) is 0 Å². The zero-order chi connectivity index (χ0) is 19.2. The molecule has 0 atom stereocenters. The third-order valence-corrected chi connectivity index (χ3v) is 3.12. The summed E-state index contributed by atoms with van der Waals surface area (Å²) in [6, 6.07) is 0. The standard InChI is InChI=1S/C15H31N5O2.CH3Br/c1-14(2,3)22-13(21)16-15(4,5)12-11-19(18-17-12)9-10-20(6,7)8;1-2/h11,17-18H,9-10H2,1-8H3;1H3/p+1. The van der Waals surface area contributed by atoms with Crippen molar-refractivity contribution in [1.82, 2.24) is 21.3 Å². The Kier molecular flexibility index (Phi) is 8.55. The van der Waals surface area contributed by atoms with E-state index in [9.17, 15) is 4.79 Å². The molecule has 7 nitrogen and oxygen atoms in total. The van der Waals surface area contributed by atoms with Crippen molar-refractivity contribution in [3.63, 3.8) is 0 Å². The summed E-state index contributed by atoms with van der Waals surface area (Å²) in [5.74, 6) is 1.81. The van der Waals surface area contributed by atoms with Crippen LogP contribution < -0.4 is 16.3 Å². The molecule has 0 fully saturated rings. The Balaban J connectivity index is 0.00000254. The van der Waals surface area contributed by atoms with Crippen LogP contribution in [0.15, 0.2) is 11.9 Å². The molecule has 24 heavy (non-hydrogen) atoms. The molecule has 1 rings (SSSR count). The Bertz CT molecular complexity index is 439. The molecule has 1 amide bonds.